The van der Waals surface area contributed by atoms with Gasteiger partial charge in [-0.05, 0) is 17.7 Å². The van der Waals surface area contributed by atoms with Gasteiger partial charge in [0.15, 0.2) is 0 Å². The summed E-state index contributed by atoms with van der Waals surface area (Å²) in [6, 6.07) is 18.9. The second-order valence-electron chi connectivity index (χ2n) is 5.96. The van der Waals surface area contributed by atoms with Crippen LogP contribution in [0.15, 0.2) is 60.9 Å². The summed E-state index contributed by atoms with van der Waals surface area (Å²) < 4.78 is 0. The summed E-state index contributed by atoms with van der Waals surface area (Å²) in [7, 11) is 0. The van der Waals surface area contributed by atoms with Gasteiger partial charge in [0, 0.05) is 38.1 Å². The zero-order valence-electron chi connectivity index (χ0n) is 13.1. The van der Waals surface area contributed by atoms with E-state index >= 15 is 0 Å². The normalized spacial score (nSPS) is 15.9. The van der Waals surface area contributed by atoms with Gasteiger partial charge in [-0.1, -0.05) is 42.5 Å². The molecule has 0 bridgehead atoms. The molecule has 1 fully saturated rings. The van der Waals surface area contributed by atoms with Crippen molar-refractivity contribution >= 4 is 16.7 Å². The van der Waals surface area contributed by atoms with Gasteiger partial charge < -0.3 is 4.90 Å². The molecule has 1 aliphatic rings. The Hall–Kier alpha value is -2.46. The van der Waals surface area contributed by atoms with Crippen LogP contribution in [0.25, 0.3) is 10.9 Å². The predicted octanol–water partition coefficient (Wildman–Crippen LogP) is 2.95. The van der Waals surface area contributed by atoms with E-state index in [0.29, 0.717) is 0 Å². The maximum Gasteiger partial charge on any atom is 0.139 e. The van der Waals surface area contributed by atoms with Crippen molar-refractivity contribution in [2.45, 2.75) is 6.54 Å². The zero-order valence-corrected chi connectivity index (χ0v) is 13.1. The third-order valence-electron chi connectivity index (χ3n) is 4.44. The molecule has 1 aliphatic heterocycles. The highest BCUT2D eigenvalue weighted by Gasteiger charge is 2.19. The molecular weight excluding hydrogens is 284 g/mol. The molecular formula is C19H20N4. The first-order chi connectivity index (χ1) is 11.4. The number of hydrogen-bond donors (Lipinski definition) is 0. The number of hydrogen-bond acceptors (Lipinski definition) is 4. The molecule has 116 valence electrons. The number of anilines is 1. The average Bonchev–Trinajstić information content (AvgIpc) is 2.63. The van der Waals surface area contributed by atoms with Crippen LogP contribution in [0.1, 0.15) is 5.56 Å². The van der Waals surface area contributed by atoms with Crippen LogP contribution in [-0.4, -0.2) is 41.0 Å². The topological polar surface area (TPSA) is 32.3 Å². The van der Waals surface area contributed by atoms with E-state index in [1.165, 1.54) is 5.56 Å². The van der Waals surface area contributed by atoms with E-state index in [1.54, 1.807) is 6.33 Å². The van der Waals surface area contributed by atoms with Gasteiger partial charge in [-0.2, -0.15) is 0 Å². The minimum atomic E-state index is 1.01. The number of fused-ring (bicyclic) bond motifs is 1. The van der Waals surface area contributed by atoms with E-state index in [9.17, 15) is 0 Å². The highest BCUT2D eigenvalue weighted by atomic mass is 15.3. The van der Waals surface area contributed by atoms with Crippen molar-refractivity contribution in [2.24, 2.45) is 0 Å². The fraction of sp³-hybridized carbons (Fsp3) is 0.263. The van der Waals surface area contributed by atoms with Crippen molar-refractivity contribution in [1.82, 2.24) is 14.9 Å². The first-order valence-corrected chi connectivity index (χ1v) is 8.11. The van der Waals surface area contributed by atoms with E-state index in [2.05, 4.69) is 62.2 Å². The van der Waals surface area contributed by atoms with Gasteiger partial charge in [0.2, 0.25) is 0 Å². The number of rotatable bonds is 3. The van der Waals surface area contributed by atoms with Crippen molar-refractivity contribution < 1.29 is 0 Å². The van der Waals surface area contributed by atoms with E-state index in [-0.39, 0.29) is 0 Å². The summed E-state index contributed by atoms with van der Waals surface area (Å²) in [5.74, 6) is 1.06. The SMILES string of the molecule is c1ccc(CN2CCN(c3ncnc4ccccc34)CC2)cc1. The minimum absolute atomic E-state index is 1.01. The number of piperazine rings is 1. The third kappa shape index (κ3) is 3.03. The summed E-state index contributed by atoms with van der Waals surface area (Å²) in [6.45, 7) is 5.17. The number of benzene rings is 2. The Morgan fingerprint density at radius 1 is 0.783 bits per heavy atom. The summed E-state index contributed by atoms with van der Waals surface area (Å²) >= 11 is 0. The second-order valence-corrected chi connectivity index (χ2v) is 5.96. The minimum Gasteiger partial charge on any atom is -0.353 e. The van der Waals surface area contributed by atoms with Crippen molar-refractivity contribution in [3.8, 4) is 0 Å². The molecule has 1 aromatic heterocycles. The molecule has 2 aromatic carbocycles. The number of aromatic nitrogens is 2. The molecule has 0 unspecified atom stereocenters. The summed E-state index contributed by atoms with van der Waals surface area (Å²) in [6.07, 6.45) is 1.67. The summed E-state index contributed by atoms with van der Waals surface area (Å²) in [5.41, 5.74) is 2.40. The molecule has 0 atom stereocenters. The van der Waals surface area contributed by atoms with E-state index in [0.717, 1.165) is 49.4 Å². The van der Waals surface area contributed by atoms with Crippen molar-refractivity contribution in [2.75, 3.05) is 31.1 Å². The van der Waals surface area contributed by atoms with Crippen LogP contribution >= 0.6 is 0 Å². The monoisotopic (exact) mass is 304 g/mol. The molecule has 4 heteroatoms. The Morgan fingerprint density at radius 2 is 1.52 bits per heavy atom. The summed E-state index contributed by atoms with van der Waals surface area (Å²) in [5, 5.41) is 1.14. The first kappa shape index (κ1) is 14.2. The quantitative estimate of drug-likeness (QED) is 0.745. The van der Waals surface area contributed by atoms with Gasteiger partial charge in [0.25, 0.3) is 0 Å². The molecule has 2 heterocycles. The number of para-hydroxylation sites is 1. The standard InChI is InChI=1S/C19H20N4/c1-2-6-16(7-3-1)14-22-10-12-23(13-11-22)19-17-8-4-5-9-18(17)20-15-21-19/h1-9,15H,10-14H2. The van der Waals surface area contributed by atoms with E-state index < -0.39 is 0 Å². The van der Waals surface area contributed by atoms with Crippen molar-refractivity contribution in [3.63, 3.8) is 0 Å². The van der Waals surface area contributed by atoms with Crippen LogP contribution < -0.4 is 4.90 Å². The van der Waals surface area contributed by atoms with E-state index in [1.807, 2.05) is 12.1 Å². The van der Waals surface area contributed by atoms with Crippen LogP contribution in [0.4, 0.5) is 5.82 Å². The molecule has 0 N–H and O–H groups in total. The molecule has 0 aliphatic carbocycles. The Labute approximate surface area is 136 Å². The predicted molar refractivity (Wildman–Crippen MR) is 93.5 cm³/mol. The lowest BCUT2D eigenvalue weighted by atomic mass is 10.2. The third-order valence-corrected chi connectivity index (χ3v) is 4.44. The zero-order chi connectivity index (χ0) is 15.5. The van der Waals surface area contributed by atoms with Crippen LogP contribution in [0, 0.1) is 0 Å². The van der Waals surface area contributed by atoms with Gasteiger partial charge in [-0.3, -0.25) is 4.90 Å². The van der Waals surface area contributed by atoms with Gasteiger partial charge in [-0.15, -0.1) is 0 Å². The Kier molecular flexibility index (Phi) is 3.90. The second kappa shape index (κ2) is 6.34. The fourth-order valence-corrected chi connectivity index (χ4v) is 3.20. The molecule has 23 heavy (non-hydrogen) atoms. The lowest BCUT2D eigenvalue weighted by Gasteiger charge is -2.35. The lowest BCUT2D eigenvalue weighted by molar-refractivity contribution is 0.249. The molecule has 4 rings (SSSR count). The van der Waals surface area contributed by atoms with Gasteiger partial charge in [0.1, 0.15) is 12.1 Å². The maximum absolute atomic E-state index is 4.54. The summed E-state index contributed by atoms with van der Waals surface area (Å²) in [4.78, 5) is 13.8. The Bertz CT molecular complexity index is 774. The Balaban J connectivity index is 1.47. The smallest absolute Gasteiger partial charge is 0.139 e. The van der Waals surface area contributed by atoms with Crippen molar-refractivity contribution in [1.29, 1.82) is 0 Å². The highest BCUT2D eigenvalue weighted by Crippen LogP contribution is 2.23. The largest absolute Gasteiger partial charge is 0.353 e. The molecule has 0 saturated carbocycles. The molecule has 0 radical (unpaired) electrons. The van der Waals surface area contributed by atoms with Crippen LogP contribution in [0.2, 0.25) is 0 Å². The molecule has 0 amide bonds. The van der Waals surface area contributed by atoms with Gasteiger partial charge in [0.05, 0.1) is 5.52 Å². The fourth-order valence-electron chi connectivity index (χ4n) is 3.20. The number of nitrogens with zero attached hydrogens (tertiary/aromatic N) is 4. The molecule has 1 saturated heterocycles. The molecule has 3 aromatic rings. The molecule has 0 spiro atoms. The van der Waals surface area contributed by atoms with Gasteiger partial charge in [-0.25, -0.2) is 9.97 Å². The lowest BCUT2D eigenvalue weighted by Crippen LogP contribution is -2.46. The molecule has 4 nitrogen and oxygen atoms in total. The first-order valence-electron chi connectivity index (χ1n) is 8.11. The maximum atomic E-state index is 4.54. The highest BCUT2D eigenvalue weighted by molar-refractivity contribution is 5.89. The average molecular weight is 304 g/mol. The van der Waals surface area contributed by atoms with Crippen LogP contribution in [0.3, 0.4) is 0 Å². The van der Waals surface area contributed by atoms with Crippen LogP contribution in [-0.2, 0) is 6.54 Å². The Morgan fingerprint density at radius 3 is 2.35 bits per heavy atom. The van der Waals surface area contributed by atoms with Crippen LogP contribution in [0.5, 0.6) is 0 Å². The van der Waals surface area contributed by atoms with Crippen molar-refractivity contribution in [3.05, 3.63) is 66.5 Å². The van der Waals surface area contributed by atoms with Gasteiger partial charge >= 0.3 is 0 Å². The van der Waals surface area contributed by atoms with E-state index in [4.69, 9.17) is 0 Å².